The average Bonchev–Trinajstić information content (AvgIpc) is 2.36. The number of methoxy groups -OCH3 is 1. The Morgan fingerprint density at radius 1 is 0.765 bits per heavy atom. The van der Waals surface area contributed by atoms with Gasteiger partial charge < -0.3 is 9.47 Å². The van der Waals surface area contributed by atoms with Crippen molar-refractivity contribution in [3.05, 3.63) is 0 Å². The normalized spacial score (nSPS) is 14.8. The lowest BCUT2D eigenvalue weighted by molar-refractivity contribution is -0.0599. The summed E-state index contributed by atoms with van der Waals surface area (Å²) in [5.41, 5.74) is 0. The van der Waals surface area contributed by atoms with Gasteiger partial charge >= 0.3 is 0 Å². The van der Waals surface area contributed by atoms with E-state index in [1.807, 2.05) is 0 Å². The first-order chi connectivity index (χ1) is 8.29. The Balaban J connectivity index is 3.49. The molecule has 2 atom stereocenters. The van der Waals surface area contributed by atoms with Crippen molar-refractivity contribution in [2.24, 2.45) is 0 Å². The summed E-state index contributed by atoms with van der Waals surface area (Å²) in [5, 5.41) is 0. The Morgan fingerprint density at radius 2 is 1.35 bits per heavy atom. The SMILES string of the molecule is CCCCCCCCOC(CC)C(CC)OC. The second kappa shape index (κ2) is 12.4. The van der Waals surface area contributed by atoms with Crippen LogP contribution in [0, 0.1) is 0 Å². The third-order valence-corrected chi connectivity index (χ3v) is 3.35. The molecule has 0 aliphatic carbocycles. The highest BCUT2D eigenvalue weighted by Gasteiger charge is 2.17. The van der Waals surface area contributed by atoms with Crippen LogP contribution in [0.4, 0.5) is 0 Å². The van der Waals surface area contributed by atoms with Gasteiger partial charge in [0.2, 0.25) is 0 Å². The Morgan fingerprint density at radius 3 is 1.88 bits per heavy atom. The van der Waals surface area contributed by atoms with Gasteiger partial charge in [-0.05, 0) is 19.3 Å². The van der Waals surface area contributed by atoms with E-state index >= 15 is 0 Å². The summed E-state index contributed by atoms with van der Waals surface area (Å²) in [6, 6.07) is 0. The third kappa shape index (κ3) is 8.62. The van der Waals surface area contributed by atoms with Crippen LogP contribution < -0.4 is 0 Å². The summed E-state index contributed by atoms with van der Waals surface area (Å²) in [6.07, 6.45) is 10.5. The van der Waals surface area contributed by atoms with Gasteiger partial charge in [0.1, 0.15) is 0 Å². The van der Waals surface area contributed by atoms with Crippen molar-refractivity contribution in [2.45, 2.75) is 84.3 Å². The van der Waals surface area contributed by atoms with Crippen molar-refractivity contribution in [2.75, 3.05) is 13.7 Å². The lowest BCUT2D eigenvalue weighted by atomic mass is 10.1. The molecule has 0 amide bonds. The molecule has 0 rings (SSSR count). The van der Waals surface area contributed by atoms with Gasteiger partial charge in [-0.3, -0.25) is 0 Å². The number of hydrogen-bond donors (Lipinski definition) is 0. The van der Waals surface area contributed by atoms with Crippen molar-refractivity contribution >= 4 is 0 Å². The highest BCUT2D eigenvalue weighted by Crippen LogP contribution is 2.12. The van der Waals surface area contributed by atoms with Gasteiger partial charge in [-0.2, -0.15) is 0 Å². The van der Waals surface area contributed by atoms with Crippen LogP contribution in [-0.2, 0) is 9.47 Å². The predicted molar refractivity (Wildman–Crippen MR) is 74.5 cm³/mol. The van der Waals surface area contributed by atoms with Gasteiger partial charge in [-0.1, -0.05) is 52.9 Å². The predicted octanol–water partition coefficient (Wildman–Crippen LogP) is 4.57. The molecule has 0 aromatic rings. The first kappa shape index (κ1) is 16.9. The van der Waals surface area contributed by atoms with Crippen LogP contribution in [0.1, 0.15) is 72.1 Å². The maximum Gasteiger partial charge on any atom is 0.0833 e. The van der Waals surface area contributed by atoms with E-state index in [1.54, 1.807) is 7.11 Å². The largest absolute Gasteiger partial charge is 0.379 e. The van der Waals surface area contributed by atoms with Gasteiger partial charge in [0.15, 0.2) is 0 Å². The summed E-state index contributed by atoms with van der Waals surface area (Å²) < 4.78 is 11.4. The van der Waals surface area contributed by atoms with Crippen molar-refractivity contribution < 1.29 is 9.47 Å². The third-order valence-electron chi connectivity index (χ3n) is 3.35. The molecule has 0 aromatic heterocycles. The standard InChI is InChI=1S/C15H32O2/c1-5-8-9-10-11-12-13-17-15(7-3)14(6-2)16-4/h14-15H,5-13H2,1-4H3. The van der Waals surface area contributed by atoms with Gasteiger partial charge in [-0.25, -0.2) is 0 Å². The van der Waals surface area contributed by atoms with Gasteiger partial charge in [0.25, 0.3) is 0 Å². The van der Waals surface area contributed by atoms with Crippen LogP contribution in [0.5, 0.6) is 0 Å². The van der Waals surface area contributed by atoms with E-state index in [9.17, 15) is 0 Å². The van der Waals surface area contributed by atoms with Crippen LogP contribution in [0.2, 0.25) is 0 Å². The van der Waals surface area contributed by atoms with Crippen molar-refractivity contribution in [3.8, 4) is 0 Å². The van der Waals surface area contributed by atoms with Crippen LogP contribution in [-0.4, -0.2) is 25.9 Å². The monoisotopic (exact) mass is 244 g/mol. The quantitative estimate of drug-likeness (QED) is 0.468. The minimum atomic E-state index is 0.264. The highest BCUT2D eigenvalue weighted by atomic mass is 16.5. The molecule has 0 aromatic carbocycles. The van der Waals surface area contributed by atoms with E-state index in [2.05, 4.69) is 20.8 Å². The van der Waals surface area contributed by atoms with Crippen molar-refractivity contribution in [3.63, 3.8) is 0 Å². The number of hydrogen-bond acceptors (Lipinski definition) is 2. The fourth-order valence-corrected chi connectivity index (χ4v) is 2.19. The molecule has 104 valence electrons. The van der Waals surface area contributed by atoms with E-state index in [0.717, 1.165) is 19.4 Å². The van der Waals surface area contributed by atoms with Gasteiger partial charge in [0, 0.05) is 13.7 Å². The first-order valence-corrected chi connectivity index (χ1v) is 7.44. The molecule has 0 heterocycles. The molecule has 0 radical (unpaired) electrons. The van der Waals surface area contributed by atoms with Crippen LogP contribution in [0.15, 0.2) is 0 Å². The summed E-state index contributed by atoms with van der Waals surface area (Å²) in [4.78, 5) is 0. The molecule has 0 aliphatic heterocycles. The molecular formula is C15H32O2. The second-order valence-corrected chi connectivity index (χ2v) is 4.77. The maximum atomic E-state index is 5.92. The second-order valence-electron chi connectivity index (χ2n) is 4.77. The molecule has 2 unspecified atom stereocenters. The summed E-state index contributed by atoms with van der Waals surface area (Å²) in [6.45, 7) is 7.48. The van der Waals surface area contributed by atoms with E-state index in [-0.39, 0.29) is 12.2 Å². The first-order valence-electron chi connectivity index (χ1n) is 7.44. The molecule has 2 nitrogen and oxygen atoms in total. The molecule has 0 saturated carbocycles. The lowest BCUT2D eigenvalue weighted by Crippen LogP contribution is -2.30. The molecule has 0 aliphatic rings. The number of unbranched alkanes of at least 4 members (excludes halogenated alkanes) is 5. The maximum absolute atomic E-state index is 5.92. The molecule has 0 spiro atoms. The number of ether oxygens (including phenoxy) is 2. The zero-order valence-electron chi connectivity index (χ0n) is 12.3. The molecule has 17 heavy (non-hydrogen) atoms. The Hall–Kier alpha value is -0.0800. The highest BCUT2D eigenvalue weighted by molar-refractivity contribution is 4.67. The topological polar surface area (TPSA) is 18.5 Å². The van der Waals surface area contributed by atoms with Gasteiger partial charge in [-0.15, -0.1) is 0 Å². The van der Waals surface area contributed by atoms with E-state index in [4.69, 9.17) is 9.47 Å². The molecule has 0 N–H and O–H groups in total. The minimum Gasteiger partial charge on any atom is -0.379 e. The smallest absolute Gasteiger partial charge is 0.0833 e. The summed E-state index contributed by atoms with van der Waals surface area (Å²) in [5.74, 6) is 0. The van der Waals surface area contributed by atoms with E-state index in [0.29, 0.717) is 0 Å². The lowest BCUT2D eigenvalue weighted by Gasteiger charge is -2.24. The fourth-order valence-electron chi connectivity index (χ4n) is 2.19. The van der Waals surface area contributed by atoms with Crippen LogP contribution >= 0.6 is 0 Å². The van der Waals surface area contributed by atoms with Crippen LogP contribution in [0.3, 0.4) is 0 Å². The van der Waals surface area contributed by atoms with E-state index in [1.165, 1.54) is 38.5 Å². The molecular weight excluding hydrogens is 212 g/mol. The van der Waals surface area contributed by atoms with E-state index < -0.39 is 0 Å². The molecule has 2 heteroatoms. The summed E-state index contributed by atoms with van der Waals surface area (Å²) >= 11 is 0. The Bertz CT molecular complexity index is 144. The Labute approximate surface area is 108 Å². The zero-order valence-corrected chi connectivity index (χ0v) is 12.3. The van der Waals surface area contributed by atoms with Gasteiger partial charge in [0.05, 0.1) is 12.2 Å². The van der Waals surface area contributed by atoms with Crippen molar-refractivity contribution in [1.82, 2.24) is 0 Å². The molecule has 0 fully saturated rings. The average molecular weight is 244 g/mol. The summed E-state index contributed by atoms with van der Waals surface area (Å²) in [7, 11) is 1.78. The zero-order chi connectivity index (χ0) is 12.9. The van der Waals surface area contributed by atoms with Crippen molar-refractivity contribution in [1.29, 1.82) is 0 Å². The number of rotatable bonds is 12. The fraction of sp³-hybridized carbons (Fsp3) is 1.00. The minimum absolute atomic E-state index is 0.264. The Kier molecular flexibility index (Phi) is 12.3. The molecule has 0 bridgehead atoms. The van der Waals surface area contributed by atoms with Crippen LogP contribution in [0.25, 0.3) is 0 Å². The molecule has 0 saturated heterocycles.